The second-order valence-electron chi connectivity index (χ2n) is 6.61. The van der Waals surface area contributed by atoms with Gasteiger partial charge in [-0.25, -0.2) is 0 Å². The van der Waals surface area contributed by atoms with Gasteiger partial charge in [-0.1, -0.05) is 36.0 Å². The van der Waals surface area contributed by atoms with E-state index in [1.807, 2.05) is 48.2 Å². The molecule has 7 nitrogen and oxygen atoms in total. The number of ether oxygens (including phenoxy) is 1. The summed E-state index contributed by atoms with van der Waals surface area (Å²) >= 11 is 1.37. The van der Waals surface area contributed by atoms with Gasteiger partial charge in [0.05, 0.1) is 18.0 Å². The second kappa shape index (κ2) is 8.02. The highest BCUT2D eigenvalue weighted by Crippen LogP contribution is 2.27. The van der Waals surface area contributed by atoms with Gasteiger partial charge in [0.25, 0.3) is 0 Å². The summed E-state index contributed by atoms with van der Waals surface area (Å²) in [6, 6.07) is 15.8. The number of hydrogen-bond donors (Lipinski definition) is 0. The number of carbonyl (C=O) groups is 1. The van der Waals surface area contributed by atoms with Gasteiger partial charge < -0.3 is 9.64 Å². The van der Waals surface area contributed by atoms with Crippen molar-refractivity contribution < 1.29 is 9.53 Å². The number of fused-ring (bicyclic) bond motifs is 1. The molecule has 0 bridgehead atoms. The molecule has 3 aromatic rings. The predicted octanol–water partition coefficient (Wildman–Crippen LogP) is 2.74. The van der Waals surface area contributed by atoms with Crippen LogP contribution in [0.4, 0.5) is 0 Å². The molecule has 1 aliphatic heterocycles. The van der Waals surface area contributed by atoms with Gasteiger partial charge in [0, 0.05) is 13.1 Å². The number of carbonyl (C=O) groups excluding carboxylic acids is 1. The maximum atomic E-state index is 13.0. The van der Waals surface area contributed by atoms with E-state index in [-0.39, 0.29) is 11.2 Å². The molecular formula is C20H21N5O2S. The molecule has 0 spiro atoms. The zero-order valence-electron chi connectivity index (χ0n) is 15.8. The molecule has 2 aromatic carbocycles. The van der Waals surface area contributed by atoms with Crippen LogP contribution in [0.2, 0.25) is 0 Å². The summed E-state index contributed by atoms with van der Waals surface area (Å²) in [7, 11) is 1.62. The fourth-order valence-corrected chi connectivity index (χ4v) is 4.18. The Bertz CT molecular complexity index is 973. The molecule has 0 saturated heterocycles. The molecule has 1 atom stereocenters. The van der Waals surface area contributed by atoms with E-state index in [0.717, 1.165) is 24.4 Å². The maximum Gasteiger partial charge on any atom is 0.236 e. The van der Waals surface area contributed by atoms with E-state index in [1.54, 1.807) is 11.8 Å². The minimum Gasteiger partial charge on any atom is -0.497 e. The van der Waals surface area contributed by atoms with Gasteiger partial charge in [-0.15, -0.1) is 5.10 Å². The number of tetrazole rings is 1. The first kappa shape index (κ1) is 18.5. The Morgan fingerprint density at radius 2 is 1.89 bits per heavy atom. The lowest BCUT2D eigenvalue weighted by atomic mass is 10.00. The Kier molecular flexibility index (Phi) is 5.29. The molecule has 0 fully saturated rings. The van der Waals surface area contributed by atoms with Gasteiger partial charge in [0.2, 0.25) is 11.1 Å². The van der Waals surface area contributed by atoms with Gasteiger partial charge >= 0.3 is 0 Å². The highest BCUT2D eigenvalue weighted by Gasteiger charge is 2.26. The molecule has 2 heterocycles. The minimum atomic E-state index is -0.284. The van der Waals surface area contributed by atoms with E-state index in [4.69, 9.17) is 4.74 Å². The molecular weight excluding hydrogens is 374 g/mol. The van der Waals surface area contributed by atoms with Crippen LogP contribution in [-0.2, 0) is 17.8 Å². The highest BCUT2D eigenvalue weighted by atomic mass is 32.2. The number of aromatic nitrogens is 4. The fourth-order valence-electron chi connectivity index (χ4n) is 3.29. The van der Waals surface area contributed by atoms with Crippen LogP contribution >= 0.6 is 11.8 Å². The SMILES string of the molecule is COc1ccc(-n2nnnc2S[C@@H](C)C(=O)N2CCc3ccccc3C2)cc1. The molecule has 0 saturated carbocycles. The summed E-state index contributed by atoms with van der Waals surface area (Å²) in [5.41, 5.74) is 3.37. The molecule has 0 radical (unpaired) electrons. The fraction of sp³-hybridized carbons (Fsp3) is 0.300. The maximum absolute atomic E-state index is 13.0. The van der Waals surface area contributed by atoms with Crippen molar-refractivity contribution >= 4 is 17.7 Å². The summed E-state index contributed by atoms with van der Waals surface area (Å²) < 4.78 is 6.83. The molecule has 0 unspecified atom stereocenters. The smallest absolute Gasteiger partial charge is 0.236 e. The quantitative estimate of drug-likeness (QED) is 0.619. The van der Waals surface area contributed by atoms with Crippen molar-refractivity contribution in [1.29, 1.82) is 0 Å². The lowest BCUT2D eigenvalue weighted by Crippen LogP contribution is -2.40. The van der Waals surface area contributed by atoms with Crippen LogP contribution in [-0.4, -0.2) is 49.9 Å². The van der Waals surface area contributed by atoms with Crippen molar-refractivity contribution in [2.45, 2.75) is 30.3 Å². The number of rotatable bonds is 5. The number of hydrogen-bond acceptors (Lipinski definition) is 6. The number of nitrogens with zero attached hydrogens (tertiary/aromatic N) is 5. The van der Waals surface area contributed by atoms with Crippen LogP contribution in [0.25, 0.3) is 5.69 Å². The molecule has 0 aliphatic carbocycles. The molecule has 1 amide bonds. The zero-order valence-corrected chi connectivity index (χ0v) is 16.6. The lowest BCUT2D eigenvalue weighted by Gasteiger charge is -2.30. The van der Waals surface area contributed by atoms with Crippen molar-refractivity contribution in [2.24, 2.45) is 0 Å². The Morgan fingerprint density at radius 1 is 1.14 bits per heavy atom. The minimum absolute atomic E-state index is 0.101. The summed E-state index contributed by atoms with van der Waals surface area (Å²) in [6.45, 7) is 3.30. The first-order valence-corrected chi connectivity index (χ1v) is 9.98. The van der Waals surface area contributed by atoms with Crippen LogP contribution in [0.3, 0.4) is 0 Å². The Labute approximate surface area is 167 Å². The van der Waals surface area contributed by atoms with Gasteiger partial charge in [-0.05, 0) is 59.2 Å². The van der Waals surface area contributed by atoms with E-state index in [1.165, 1.54) is 22.9 Å². The van der Waals surface area contributed by atoms with Crippen molar-refractivity contribution in [1.82, 2.24) is 25.1 Å². The van der Waals surface area contributed by atoms with Gasteiger partial charge in [0.1, 0.15) is 5.75 Å². The third kappa shape index (κ3) is 3.73. The molecule has 8 heteroatoms. The first-order chi connectivity index (χ1) is 13.7. The van der Waals surface area contributed by atoms with Crippen LogP contribution < -0.4 is 4.74 Å². The van der Waals surface area contributed by atoms with Crippen molar-refractivity contribution in [3.8, 4) is 11.4 Å². The third-order valence-electron chi connectivity index (χ3n) is 4.83. The van der Waals surface area contributed by atoms with E-state index in [9.17, 15) is 4.79 Å². The van der Waals surface area contributed by atoms with E-state index in [0.29, 0.717) is 11.7 Å². The van der Waals surface area contributed by atoms with Crippen molar-refractivity contribution in [2.75, 3.05) is 13.7 Å². The van der Waals surface area contributed by atoms with E-state index < -0.39 is 0 Å². The summed E-state index contributed by atoms with van der Waals surface area (Å²) in [5.74, 6) is 0.865. The number of thioether (sulfide) groups is 1. The molecule has 0 N–H and O–H groups in total. The average molecular weight is 395 g/mol. The second-order valence-corrected chi connectivity index (χ2v) is 7.92. The standard InChI is InChI=1S/C20H21N5O2S/c1-14(19(26)24-12-11-15-5-3-4-6-16(15)13-24)28-20-21-22-23-25(20)17-7-9-18(27-2)10-8-17/h3-10,14H,11-13H2,1-2H3/t14-/m0/s1. The Hall–Kier alpha value is -2.87. The average Bonchev–Trinajstić information content (AvgIpc) is 3.21. The number of benzene rings is 2. The zero-order chi connectivity index (χ0) is 19.5. The first-order valence-electron chi connectivity index (χ1n) is 9.11. The normalized spacial score (nSPS) is 14.4. The predicted molar refractivity (Wildman–Crippen MR) is 107 cm³/mol. The largest absolute Gasteiger partial charge is 0.497 e. The topological polar surface area (TPSA) is 73.1 Å². The van der Waals surface area contributed by atoms with Crippen molar-refractivity contribution in [3.05, 3.63) is 59.7 Å². The third-order valence-corrected chi connectivity index (χ3v) is 5.85. The Balaban J connectivity index is 1.46. The highest BCUT2D eigenvalue weighted by molar-refractivity contribution is 8.00. The summed E-state index contributed by atoms with van der Waals surface area (Å²) in [6.07, 6.45) is 0.892. The van der Waals surface area contributed by atoms with Gasteiger partial charge in [-0.2, -0.15) is 4.68 Å². The van der Waals surface area contributed by atoms with E-state index >= 15 is 0 Å². The molecule has 1 aromatic heterocycles. The number of methoxy groups -OCH3 is 1. The molecule has 144 valence electrons. The monoisotopic (exact) mass is 395 g/mol. The van der Waals surface area contributed by atoms with E-state index in [2.05, 4.69) is 27.7 Å². The summed E-state index contributed by atoms with van der Waals surface area (Å²) in [5, 5.41) is 12.3. The van der Waals surface area contributed by atoms with Gasteiger partial charge in [-0.3, -0.25) is 4.79 Å². The lowest BCUT2D eigenvalue weighted by molar-refractivity contribution is -0.131. The molecule has 28 heavy (non-hydrogen) atoms. The Morgan fingerprint density at radius 3 is 2.64 bits per heavy atom. The van der Waals surface area contributed by atoms with Crippen LogP contribution in [0, 0.1) is 0 Å². The molecule has 1 aliphatic rings. The number of amides is 1. The van der Waals surface area contributed by atoms with Crippen molar-refractivity contribution in [3.63, 3.8) is 0 Å². The molecule has 4 rings (SSSR count). The van der Waals surface area contributed by atoms with Crippen LogP contribution in [0.5, 0.6) is 5.75 Å². The van der Waals surface area contributed by atoms with Gasteiger partial charge in [0.15, 0.2) is 0 Å². The van der Waals surface area contributed by atoms with Crippen LogP contribution in [0.15, 0.2) is 53.7 Å². The van der Waals surface area contributed by atoms with Crippen LogP contribution in [0.1, 0.15) is 18.1 Å². The summed E-state index contributed by atoms with van der Waals surface area (Å²) in [4.78, 5) is 14.9.